The van der Waals surface area contributed by atoms with Gasteiger partial charge in [-0.3, -0.25) is 4.79 Å². The number of aromatic nitrogens is 1. The number of carboxylic acid groups (broad SMARTS) is 1. The molecular weight excluding hydrogens is 652 g/mol. The van der Waals surface area contributed by atoms with Gasteiger partial charge in [0, 0.05) is 21.4 Å². The highest BCUT2D eigenvalue weighted by Crippen LogP contribution is 2.32. The van der Waals surface area contributed by atoms with Crippen LogP contribution in [0.4, 0.5) is 5.69 Å². The third kappa shape index (κ3) is 9.44. The Morgan fingerprint density at radius 3 is 2.35 bits per heavy atom. The molecule has 0 saturated heterocycles. The van der Waals surface area contributed by atoms with Gasteiger partial charge < -0.3 is 24.6 Å². The summed E-state index contributed by atoms with van der Waals surface area (Å²) in [6.45, 7) is 5.82. The van der Waals surface area contributed by atoms with Gasteiger partial charge in [0.05, 0.1) is 29.1 Å². The number of rotatable bonds is 14. The molecule has 0 unspecified atom stereocenters. The van der Waals surface area contributed by atoms with Crippen molar-refractivity contribution in [2.45, 2.75) is 50.5 Å². The summed E-state index contributed by atoms with van der Waals surface area (Å²) in [5, 5.41) is 15.1. The summed E-state index contributed by atoms with van der Waals surface area (Å²) in [6.07, 6.45) is 0.687. The number of aryl methyl sites for hydroxylation is 1. The van der Waals surface area contributed by atoms with Crippen LogP contribution in [-0.4, -0.2) is 49.9 Å². The van der Waals surface area contributed by atoms with Crippen molar-refractivity contribution in [2.24, 2.45) is 0 Å². The average molecular weight is 687 g/mol. The van der Waals surface area contributed by atoms with Crippen LogP contribution in [0, 0.1) is 0 Å². The molecule has 0 aliphatic rings. The van der Waals surface area contributed by atoms with Crippen molar-refractivity contribution in [3.8, 4) is 17.2 Å². The zero-order valence-corrected chi connectivity index (χ0v) is 28.2. The number of carboxylic acids is 1. The number of hydrogen-bond donors (Lipinski definition) is 2. The minimum absolute atomic E-state index is 0.0934. The molecule has 46 heavy (non-hydrogen) atoms. The van der Waals surface area contributed by atoms with Crippen LogP contribution in [-0.2, 0) is 33.1 Å². The molecule has 4 rings (SSSR count). The van der Waals surface area contributed by atoms with Crippen molar-refractivity contribution in [1.29, 1.82) is 0 Å². The second kappa shape index (κ2) is 15.0. The standard InChI is InChI=1S/C33H35ClN2O8S2/c1-33(2,3)29-20-45-30(36-29)18-43-28-17-22(8-14-27(28)42-4)32(39)35-25-16-21(7-13-26(25)44-19-31(37)38)6-5-15-46(40,41)24-11-9-23(34)10-12-24/h7-14,16-17,20H,5-6,15,18-19H2,1-4H3,(H,35,39)(H,37,38). The number of ether oxygens (including phenoxy) is 3. The van der Waals surface area contributed by atoms with Crippen molar-refractivity contribution < 1.29 is 37.3 Å². The summed E-state index contributed by atoms with van der Waals surface area (Å²) in [7, 11) is -2.02. The minimum Gasteiger partial charge on any atom is -0.493 e. The van der Waals surface area contributed by atoms with E-state index in [-0.39, 0.29) is 39.7 Å². The summed E-state index contributed by atoms with van der Waals surface area (Å²) in [6, 6.07) is 15.6. The second-order valence-electron chi connectivity index (χ2n) is 11.4. The second-order valence-corrected chi connectivity index (χ2v) is 14.9. The number of benzene rings is 3. The molecule has 244 valence electrons. The zero-order valence-electron chi connectivity index (χ0n) is 25.8. The van der Waals surface area contributed by atoms with E-state index in [1.807, 2.05) is 5.38 Å². The third-order valence-corrected chi connectivity index (χ3v) is 9.68. The van der Waals surface area contributed by atoms with Crippen LogP contribution in [0.1, 0.15) is 53.8 Å². The number of halogens is 1. The molecule has 13 heteroatoms. The van der Waals surface area contributed by atoms with Gasteiger partial charge in [0.15, 0.2) is 27.9 Å². The number of carbonyl (C=O) groups excluding carboxylic acids is 1. The van der Waals surface area contributed by atoms with Gasteiger partial charge in [-0.1, -0.05) is 38.4 Å². The normalized spacial score (nSPS) is 11.6. The number of sulfone groups is 1. The molecule has 2 N–H and O–H groups in total. The van der Waals surface area contributed by atoms with Crippen LogP contribution >= 0.6 is 22.9 Å². The fourth-order valence-electron chi connectivity index (χ4n) is 4.31. The Hall–Kier alpha value is -4.13. The van der Waals surface area contributed by atoms with Gasteiger partial charge in [0.1, 0.15) is 17.4 Å². The van der Waals surface area contributed by atoms with Gasteiger partial charge in [-0.25, -0.2) is 18.2 Å². The highest BCUT2D eigenvalue weighted by molar-refractivity contribution is 7.91. The van der Waals surface area contributed by atoms with E-state index in [4.69, 9.17) is 30.9 Å². The van der Waals surface area contributed by atoms with Crippen LogP contribution in [0.25, 0.3) is 0 Å². The van der Waals surface area contributed by atoms with Crippen LogP contribution in [0.5, 0.6) is 17.2 Å². The Bertz CT molecular complexity index is 1800. The molecule has 1 heterocycles. The van der Waals surface area contributed by atoms with Crippen molar-refractivity contribution in [2.75, 3.05) is 24.8 Å². The number of carbonyl (C=O) groups is 2. The molecule has 0 radical (unpaired) electrons. The number of anilines is 1. The molecule has 0 aliphatic heterocycles. The van der Waals surface area contributed by atoms with Crippen molar-refractivity contribution in [3.05, 3.63) is 92.9 Å². The lowest BCUT2D eigenvalue weighted by Gasteiger charge is -2.15. The largest absolute Gasteiger partial charge is 0.493 e. The van der Waals surface area contributed by atoms with Crippen LogP contribution in [0.15, 0.2) is 70.9 Å². The first kappa shape index (κ1) is 34.7. The monoisotopic (exact) mass is 686 g/mol. The molecule has 0 spiro atoms. The lowest BCUT2D eigenvalue weighted by atomic mass is 9.93. The zero-order chi connectivity index (χ0) is 33.5. The van der Waals surface area contributed by atoms with Crippen molar-refractivity contribution in [1.82, 2.24) is 4.98 Å². The lowest BCUT2D eigenvalue weighted by Crippen LogP contribution is -2.15. The number of thiazole rings is 1. The molecule has 0 saturated carbocycles. The first-order valence-corrected chi connectivity index (χ1v) is 17.2. The van der Waals surface area contributed by atoms with Crippen molar-refractivity contribution in [3.63, 3.8) is 0 Å². The smallest absolute Gasteiger partial charge is 0.341 e. The topological polar surface area (TPSA) is 141 Å². The minimum atomic E-state index is -3.52. The van der Waals surface area contributed by atoms with E-state index < -0.39 is 28.3 Å². The molecule has 0 atom stereocenters. The maximum Gasteiger partial charge on any atom is 0.341 e. The Morgan fingerprint density at radius 1 is 0.978 bits per heavy atom. The van der Waals surface area contributed by atoms with Gasteiger partial charge in [-0.05, 0) is 73.0 Å². The molecule has 10 nitrogen and oxygen atoms in total. The molecule has 0 bridgehead atoms. The fourth-order valence-corrected chi connectivity index (χ4v) is 6.68. The van der Waals surface area contributed by atoms with Crippen molar-refractivity contribution >= 4 is 50.3 Å². The SMILES string of the molecule is COc1ccc(C(=O)Nc2cc(CCCS(=O)(=O)c3ccc(Cl)cc3)ccc2OCC(=O)O)cc1OCc1nc(C(C)(C)C)cs1. The number of hydrogen-bond acceptors (Lipinski definition) is 9. The summed E-state index contributed by atoms with van der Waals surface area (Å²) < 4.78 is 42.3. The highest BCUT2D eigenvalue weighted by Gasteiger charge is 2.19. The first-order valence-electron chi connectivity index (χ1n) is 14.3. The number of methoxy groups -OCH3 is 1. The molecule has 4 aromatic rings. The Labute approximate surface area is 277 Å². The fraction of sp³-hybridized carbons (Fsp3) is 0.303. The maximum absolute atomic E-state index is 13.4. The molecule has 0 fully saturated rings. The summed E-state index contributed by atoms with van der Waals surface area (Å²) in [5.74, 6) is -0.844. The average Bonchev–Trinajstić information content (AvgIpc) is 3.49. The quantitative estimate of drug-likeness (QED) is 0.146. The van der Waals surface area contributed by atoms with Gasteiger partial charge in [0.2, 0.25) is 0 Å². The molecule has 0 aliphatic carbocycles. The Morgan fingerprint density at radius 2 is 1.70 bits per heavy atom. The van der Waals surface area contributed by atoms with E-state index in [1.54, 1.807) is 36.4 Å². The summed E-state index contributed by atoms with van der Waals surface area (Å²) in [4.78, 5) is 29.4. The number of nitrogens with zero attached hydrogens (tertiary/aromatic N) is 1. The highest BCUT2D eigenvalue weighted by atomic mass is 35.5. The molecular formula is C33H35ClN2O8S2. The van der Waals surface area contributed by atoms with E-state index in [9.17, 15) is 18.0 Å². The van der Waals surface area contributed by atoms with Crippen LogP contribution < -0.4 is 19.5 Å². The number of amides is 1. The predicted octanol–water partition coefficient (Wildman–Crippen LogP) is 6.80. The summed E-state index contributed by atoms with van der Waals surface area (Å²) >= 11 is 7.37. The van der Waals surface area contributed by atoms with Crippen LogP contribution in [0.3, 0.4) is 0 Å². The Balaban J connectivity index is 1.49. The van der Waals surface area contributed by atoms with E-state index in [1.165, 1.54) is 42.7 Å². The van der Waals surface area contributed by atoms with Gasteiger partial charge in [0.25, 0.3) is 5.91 Å². The molecule has 1 aromatic heterocycles. The van der Waals surface area contributed by atoms with Gasteiger partial charge >= 0.3 is 5.97 Å². The third-order valence-electron chi connectivity index (χ3n) is 6.79. The van der Waals surface area contributed by atoms with E-state index in [0.29, 0.717) is 29.4 Å². The predicted molar refractivity (Wildman–Crippen MR) is 177 cm³/mol. The number of aliphatic carboxylic acids is 1. The van der Waals surface area contributed by atoms with Gasteiger partial charge in [-0.2, -0.15) is 0 Å². The van der Waals surface area contributed by atoms with Gasteiger partial charge in [-0.15, -0.1) is 11.3 Å². The number of nitrogens with one attached hydrogen (secondary N) is 1. The maximum atomic E-state index is 13.4. The molecule has 1 amide bonds. The van der Waals surface area contributed by atoms with E-state index in [0.717, 1.165) is 16.3 Å². The van der Waals surface area contributed by atoms with E-state index in [2.05, 4.69) is 31.1 Å². The van der Waals surface area contributed by atoms with Crippen LogP contribution in [0.2, 0.25) is 5.02 Å². The molecule has 3 aromatic carbocycles. The van der Waals surface area contributed by atoms with E-state index >= 15 is 0 Å². The first-order chi connectivity index (χ1) is 21.7. The Kier molecular flexibility index (Phi) is 11.3. The lowest BCUT2D eigenvalue weighted by molar-refractivity contribution is -0.139. The summed E-state index contributed by atoms with van der Waals surface area (Å²) in [5.41, 5.74) is 2.09.